The molecule has 1 N–H and O–H groups in total. The van der Waals surface area contributed by atoms with Crippen molar-refractivity contribution >= 4 is 17.2 Å². The second kappa shape index (κ2) is 8.44. The Morgan fingerprint density at radius 2 is 2.00 bits per heavy atom. The van der Waals surface area contributed by atoms with Gasteiger partial charge in [0, 0.05) is 17.5 Å². The number of nitrogens with zero attached hydrogens (tertiary/aromatic N) is 1. The van der Waals surface area contributed by atoms with Crippen molar-refractivity contribution in [1.29, 1.82) is 0 Å². The molecular formula is C22H22N2O3S. The Kier molecular flexibility index (Phi) is 5.58. The Balaban J connectivity index is 1.45. The summed E-state index contributed by atoms with van der Waals surface area (Å²) in [6.45, 7) is 1.21. The van der Waals surface area contributed by atoms with Crippen molar-refractivity contribution in [1.82, 2.24) is 10.3 Å². The zero-order valence-electron chi connectivity index (χ0n) is 15.7. The number of benzene rings is 2. The van der Waals surface area contributed by atoms with Gasteiger partial charge in [-0.05, 0) is 42.5 Å². The Hall–Kier alpha value is -2.86. The minimum atomic E-state index is -0.107. The third-order valence-corrected chi connectivity index (χ3v) is 5.52. The van der Waals surface area contributed by atoms with Gasteiger partial charge in [0.25, 0.3) is 5.91 Å². The fourth-order valence-electron chi connectivity index (χ4n) is 2.82. The van der Waals surface area contributed by atoms with Gasteiger partial charge in [-0.15, -0.1) is 11.3 Å². The first kappa shape index (κ1) is 18.5. The third kappa shape index (κ3) is 4.51. The number of amides is 1. The molecular weight excluding hydrogens is 372 g/mol. The number of nitrogens with one attached hydrogen (secondary N) is 1. The fraction of sp³-hybridized carbons (Fsp3) is 0.273. The van der Waals surface area contributed by atoms with Gasteiger partial charge in [0.2, 0.25) is 0 Å². The molecule has 28 heavy (non-hydrogen) atoms. The van der Waals surface area contributed by atoms with Crippen LogP contribution in [0.1, 0.15) is 28.9 Å². The van der Waals surface area contributed by atoms with Crippen LogP contribution >= 0.6 is 11.3 Å². The van der Waals surface area contributed by atoms with Gasteiger partial charge in [0.1, 0.15) is 17.3 Å². The predicted molar refractivity (Wildman–Crippen MR) is 110 cm³/mol. The van der Waals surface area contributed by atoms with Crippen molar-refractivity contribution in [2.45, 2.75) is 19.4 Å². The smallest absolute Gasteiger partial charge is 0.270 e. The molecule has 0 saturated heterocycles. The minimum Gasteiger partial charge on any atom is -0.493 e. The summed E-state index contributed by atoms with van der Waals surface area (Å²) in [5, 5.41) is 5.53. The molecule has 0 spiro atoms. The molecule has 1 saturated carbocycles. The van der Waals surface area contributed by atoms with E-state index in [1.807, 2.05) is 48.5 Å². The first-order valence-corrected chi connectivity index (χ1v) is 10.2. The van der Waals surface area contributed by atoms with Gasteiger partial charge in [-0.2, -0.15) is 0 Å². The number of methoxy groups -OCH3 is 1. The number of aromatic nitrogens is 1. The normalized spacial score (nSPS) is 13.2. The van der Waals surface area contributed by atoms with Crippen molar-refractivity contribution in [2.24, 2.45) is 5.92 Å². The first-order valence-electron chi connectivity index (χ1n) is 9.32. The maximum Gasteiger partial charge on any atom is 0.270 e. The SMILES string of the molecule is COc1cc(-c2nc(C(=O)NCC3CC3)cs2)ccc1OCc1ccccc1. The van der Waals surface area contributed by atoms with Crippen LogP contribution in [0, 0.1) is 5.92 Å². The fourth-order valence-corrected chi connectivity index (χ4v) is 3.61. The van der Waals surface area contributed by atoms with Crippen molar-refractivity contribution in [3.05, 3.63) is 65.2 Å². The van der Waals surface area contributed by atoms with E-state index in [-0.39, 0.29) is 5.91 Å². The molecule has 2 aromatic carbocycles. The number of rotatable bonds is 8. The Bertz CT molecular complexity index is 951. The largest absolute Gasteiger partial charge is 0.493 e. The van der Waals surface area contributed by atoms with E-state index in [9.17, 15) is 4.79 Å². The number of carbonyl (C=O) groups is 1. The van der Waals surface area contributed by atoms with Crippen molar-refractivity contribution in [3.8, 4) is 22.1 Å². The Morgan fingerprint density at radius 3 is 2.75 bits per heavy atom. The van der Waals surface area contributed by atoms with E-state index in [2.05, 4.69) is 10.3 Å². The van der Waals surface area contributed by atoms with Gasteiger partial charge in [-0.3, -0.25) is 4.79 Å². The minimum absolute atomic E-state index is 0.107. The highest BCUT2D eigenvalue weighted by atomic mass is 32.1. The second-order valence-electron chi connectivity index (χ2n) is 6.83. The second-order valence-corrected chi connectivity index (χ2v) is 7.69. The summed E-state index contributed by atoms with van der Waals surface area (Å²) in [5.74, 6) is 1.86. The average molecular weight is 394 g/mol. The molecule has 1 amide bonds. The molecule has 1 aliphatic rings. The predicted octanol–water partition coefficient (Wildman–Crippen LogP) is 4.54. The molecule has 1 fully saturated rings. The maximum absolute atomic E-state index is 12.2. The standard InChI is InChI=1S/C22H22N2O3S/c1-26-20-11-17(9-10-19(20)27-13-16-5-3-2-4-6-16)22-24-18(14-28-22)21(25)23-12-15-7-8-15/h2-6,9-11,14-15H,7-8,12-13H2,1H3,(H,23,25). The molecule has 1 aliphatic carbocycles. The zero-order chi connectivity index (χ0) is 19.3. The molecule has 144 valence electrons. The molecule has 4 rings (SSSR count). The van der Waals surface area contributed by atoms with Crippen molar-refractivity contribution < 1.29 is 14.3 Å². The lowest BCUT2D eigenvalue weighted by Crippen LogP contribution is -2.25. The molecule has 6 heteroatoms. The number of hydrogen-bond donors (Lipinski definition) is 1. The van der Waals surface area contributed by atoms with Crippen LogP contribution in [-0.4, -0.2) is 24.5 Å². The zero-order valence-corrected chi connectivity index (χ0v) is 16.5. The summed E-state index contributed by atoms with van der Waals surface area (Å²) < 4.78 is 11.4. The highest BCUT2D eigenvalue weighted by Crippen LogP contribution is 2.34. The number of ether oxygens (including phenoxy) is 2. The van der Waals surface area contributed by atoms with Crippen LogP contribution in [-0.2, 0) is 6.61 Å². The summed E-state index contributed by atoms with van der Waals surface area (Å²) in [6, 6.07) is 15.7. The Morgan fingerprint density at radius 1 is 1.18 bits per heavy atom. The molecule has 5 nitrogen and oxygen atoms in total. The highest BCUT2D eigenvalue weighted by molar-refractivity contribution is 7.13. The molecule has 0 atom stereocenters. The Labute approximate surface area is 168 Å². The van der Waals surface area contributed by atoms with Gasteiger partial charge in [0.05, 0.1) is 7.11 Å². The summed E-state index contributed by atoms with van der Waals surface area (Å²) >= 11 is 1.45. The van der Waals surface area contributed by atoms with Gasteiger partial charge in [0.15, 0.2) is 11.5 Å². The topological polar surface area (TPSA) is 60.5 Å². The summed E-state index contributed by atoms with van der Waals surface area (Å²) in [4.78, 5) is 16.7. The van der Waals surface area contributed by atoms with E-state index < -0.39 is 0 Å². The number of carbonyl (C=O) groups excluding carboxylic acids is 1. The van der Waals surface area contributed by atoms with E-state index in [0.717, 1.165) is 22.7 Å². The van der Waals surface area contributed by atoms with E-state index in [4.69, 9.17) is 9.47 Å². The third-order valence-electron chi connectivity index (χ3n) is 4.63. The van der Waals surface area contributed by atoms with E-state index >= 15 is 0 Å². The molecule has 1 aromatic heterocycles. The van der Waals surface area contributed by atoms with Crippen LogP contribution in [0.3, 0.4) is 0 Å². The number of thiazole rings is 1. The van der Waals surface area contributed by atoms with Crippen LogP contribution in [0.5, 0.6) is 11.5 Å². The highest BCUT2D eigenvalue weighted by Gasteiger charge is 2.22. The quantitative estimate of drug-likeness (QED) is 0.609. The molecule has 0 radical (unpaired) electrons. The average Bonchev–Trinajstić information content (AvgIpc) is 3.44. The van der Waals surface area contributed by atoms with Crippen molar-refractivity contribution in [3.63, 3.8) is 0 Å². The van der Waals surface area contributed by atoms with Crippen LogP contribution < -0.4 is 14.8 Å². The lowest BCUT2D eigenvalue weighted by Gasteiger charge is -2.11. The van der Waals surface area contributed by atoms with Crippen LogP contribution in [0.25, 0.3) is 10.6 Å². The van der Waals surface area contributed by atoms with E-state index in [0.29, 0.717) is 29.7 Å². The van der Waals surface area contributed by atoms with Crippen LogP contribution in [0.2, 0.25) is 0 Å². The van der Waals surface area contributed by atoms with Gasteiger partial charge in [-0.1, -0.05) is 30.3 Å². The molecule has 0 bridgehead atoms. The summed E-state index contributed by atoms with van der Waals surface area (Å²) in [6.07, 6.45) is 2.42. The first-order chi connectivity index (χ1) is 13.7. The molecule has 3 aromatic rings. The van der Waals surface area contributed by atoms with Gasteiger partial charge in [-0.25, -0.2) is 4.98 Å². The maximum atomic E-state index is 12.2. The van der Waals surface area contributed by atoms with Crippen LogP contribution in [0.15, 0.2) is 53.9 Å². The summed E-state index contributed by atoms with van der Waals surface area (Å²) in [5.41, 5.74) is 2.45. The van der Waals surface area contributed by atoms with Crippen LogP contribution in [0.4, 0.5) is 0 Å². The number of hydrogen-bond acceptors (Lipinski definition) is 5. The lowest BCUT2D eigenvalue weighted by molar-refractivity contribution is 0.0947. The monoisotopic (exact) mass is 394 g/mol. The molecule has 0 aliphatic heterocycles. The van der Waals surface area contributed by atoms with E-state index in [1.54, 1.807) is 12.5 Å². The van der Waals surface area contributed by atoms with Gasteiger partial charge >= 0.3 is 0 Å². The lowest BCUT2D eigenvalue weighted by atomic mass is 10.2. The van der Waals surface area contributed by atoms with Crippen molar-refractivity contribution in [2.75, 3.05) is 13.7 Å². The molecule has 1 heterocycles. The van der Waals surface area contributed by atoms with E-state index in [1.165, 1.54) is 24.2 Å². The molecule has 0 unspecified atom stereocenters. The summed E-state index contributed by atoms with van der Waals surface area (Å²) in [7, 11) is 1.62. The van der Waals surface area contributed by atoms with Gasteiger partial charge < -0.3 is 14.8 Å².